The van der Waals surface area contributed by atoms with Gasteiger partial charge in [0.05, 0.1) is 26.4 Å². The molecule has 0 aromatic carbocycles. The Morgan fingerprint density at radius 3 is 1.64 bits per heavy atom. The zero-order chi connectivity index (χ0) is 38.7. The van der Waals surface area contributed by atoms with Gasteiger partial charge in [0, 0.05) is 37.4 Å². The van der Waals surface area contributed by atoms with Crippen molar-refractivity contribution < 1.29 is 42.1 Å². The number of aliphatic hydroxyl groups is 2. The number of H-pyrrole nitrogens is 2. The molecule has 0 aliphatic carbocycles. The highest BCUT2D eigenvalue weighted by Crippen LogP contribution is 2.55. The molecular formula is C34H54N4O13Si2. The van der Waals surface area contributed by atoms with Crippen LogP contribution in [0.4, 0.5) is 0 Å². The lowest BCUT2D eigenvalue weighted by molar-refractivity contribution is -0.227. The van der Waals surface area contributed by atoms with Crippen LogP contribution in [0.3, 0.4) is 0 Å². The molecule has 5 fully saturated rings. The van der Waals surface area contributed by atoms with Crippen molar-refractivity contribution in [3.63, 3.8) is 0 Å². The Hall–Kier alpha value is -2.57. The van der Waals surface area contributed by atoms with E-state index in [4.69, 9.17) is 31.9 Å². The fourth-order valence-corrected chi connectivity index (χ4v) is 19.8. The van der Waals surface area contributed by atoms with Gasteiger partial charge in [-0.25, -0.2) is 9.59 Å². The van der Waals surface area contributed by atoms with Crippen LogP contribution < -0.4 is 22.5 Å². The predicted molar refractivity (Wildman–Crippen MR) is 194 cm³/mol. The summed E-state index contributed by atoms with van der Waals surface area (Å²) in [5.41, 5.74) is -3.19. The number of nitrogens with zero attached hydrogens (tertiary/aromatic N) is 2. The van der Waals surface area contributed by atoms with Crippen molar-refractivity contribution in [3.8, 4) is 0 Å². The monoisotopic (exact) mass is 782 g/mol. The van der Waals surface area contributed by atoms with E-state index in [2.05, 4.69) is 65.4 Å². The largest absolute Gasteiger partial charge is 0.414 e. The van der Waals surface area contributed by atoms with Gasteiger partial charge in [0.25, 0.3) is 11.1 Å². The van der Waals surface area contributed by atoms with Gasteiger partial charge in [0.2, 0.25) is 0 Å². The maximum Gasteiger partial charge on any atom is 0.335 e. The Labute approximate surface area is 309 Å². The van der Waals surface area contributed by atoms with E-state index in [-0.39, 0.29) is 28.8 Å². The maximum absolute atomic E-state index is 12.7. The minimum Gasteiger partial charge on any atom is -0.414 e. The fraction of sp³-hybridized carbons (Fsp3) is 0.765. The van der Waals surface area contributed by atoms with Crippen LogP contribution >= 0.6 is 0 Å². The molecule has 8 atom stereocenters. The van der Waals surface area contributed by atoms with Crippen molar-refractivity contribution in [3.05, 3.63) is 66.2 Å². The number of nitrogens with one attached hydrogen (secondary N) is 2. The number of aromatic nitrogens is 4. The number of rotatable bonds is 7. The molecule has 2 unspecified atom stereocenters. The van der Waals surface area contributed by atoms with E-state index in [9.17, 15) is 29.4 Å². The summed E-state index contributed by atoms with van der Waals surface area (Å²) in [5.74, 6) is 0. The Kier molecular flexibility index (Phi) is 11.2. The first-order chi connectivity index (χ1) is 25.0. The number of aliphatic hydroxyl groups excluding tert-OH is 2. The second-order valence-corrected chi connectivity index (χ2v) is 24.7. The molecule has 7 heterocycles. The predicted octanol–water partition coefficient (Wildman–Crippen LogP) is 1.50. The molecule has 2 aromatic heterocycles. The van der Waals surface area contributed by atoms with E-state index in [1.807, 2.05) is 0 Å². The highest BCUT2D eigenvalue weighted by atomic mass is 28.5. The number of fused-ring (bicyclic) bond motifs is 2. The van der Waals surface area contributed by atoms with Crippen LogP contribution in [-0.2, 0) is 31.9 Å². The van der Waals surface area contributed by atoms with Crippen LogP contribution in [0.2, 0.25) is 22.2 Å². The topological polar surface area (TPSA) is 215 Å². The lowest BCUT2D eigenvalue weighted by Gasteiger charge is -2.54. The van der Waals surface area contributed by atoms with Crippen LogP contribution in [0.25, 0.3) is 0 Å². The number of hydrogen-bond acceptors (Lipinski definition) is 13. The van der Waals surface area contributed by atoms with Crippen LogP contribution in [-0.4, -0.2) is 108 Å². The maximum atomic E-state index is 12.7. The van der Waals surface area contributed by atoms with Crippen molar-refractivity contribution in [1.29, 1.82) is 0 Å². The molecule has 53 heavy (non-hydrogen) atoms. The third-order valence-electron chi connectivity index (χ3n) is 11.6. The molecule has 0 radical (unpaired) electrons. The first-order valence-corrected chi connectivity index (χ1v) is 22.4. The summed E-state index contributed by atoms with van der Waals surface area (Å²) in [5, 5.41) is 19.3. The fourth-order valence-electron chi connectivity index (χ4n) is 8.54. The molecule has 17 nitrogen and oxygen atoms in total. The van der Waals surface area contributed by atoms with Gasteiger partial charge >= 0.3 is 28.5 Å². The molecule has 0 bridgehead atoms. The Balaban J connectivity index is 0.000000213. The van der Waals surface area contributed by atoms with Gasteiger partial charge in [-0.05, 0) is 22.2 Å². The zero-order valence-corrected chi connectivity index (χ0v) is 33.6. The molecule has 4 N–H and O–H groups in total. The van der Waals surface area contributed by atoms with E-state index in [0.29, 0.717) is 32.7 Å². The average Bonchev–Trinajstić information content (AvgIpc) is 3.52. The zero-order valence-electron chi connectivity index (χ0n) is 31.6. The average molecular weight is 783 g/mol. The first kappa shape index (κ1) is 40.1. The standard InChI is InChI=1S/C23H40N2O7Si2.C11H14N2O6/c1-14(2)33(15(3)4)29-13-18-20(31-34(32-33,16(5)6)17(7)8)23(10-12-28-23)21(30-18)25-11-9-19(26)24-22(25)27;14-5-6-8(16)11(2-4-18-11)9(19-6)13-3-1-7(15)12-10(13)17/h9,11,14-18,20-21H,10,12-13H2,1-8H3,(H,24,26,27);1,3,6,8-9,14,16H,2,4-5H2,(H,12,15,17)/t18?,20-,21?,23+;6-,8-,9-,11+/m11/s1. The van der Waals surface area contributed by atoms with Crippen molar-refractivity contribution in [2.75, 3.05) is 26.4 Å². The van der Waals surface area contributed by atoms with Crippen LogP contribution in [0.1, 0.15) is 80.7 Å². The minimum absolute atomic E-state index is 0.172. The Morgan fingerprint density at radius 1 is 0.774 bits per heavy atom. The van der Waals surface area contributed by atoms with Gasteiger partial charge in [0.15, 0.2) is 12.5 Å². The lowest BCUT2D eigenvalue weighted by Crippen LogP contribution is -2.68. The lowest BCUT2D eigenvalue weighted by atomic mass is 9.86. The van der Waals surface area contributed by atoms with Crippen LogP contribution in [0, 0.1) is 0 Å². The molecule has 7 rings (SSSR count). The smallest absolute Gasteiger partial charge is 0.335 e. The highest BCUT2D eigenvalue weighted by molar-refractivity contribution is 6.84. The van der Waals surface area contributed by atoms with Crippen molar-refractivity contribution in [2.45, 2.75) is 138 Å². The molecule has 0 amide bonds. The molecular weight excluding hydrogens is 729 g/mol. The van der Waals surface area contributed by atoms with E-state index < -0.39 is 87.7 Å². The van der Waals surface area contributed by atoms with Gasteiger partial charge in [0.1, 0.15) is 35.6 Å². The summed E-state index contributed by atoms with van der Waals surface area (Å²) in [6, 6.07) is 2.52. The van der Waals surface area contributed by atoms with Gasteiger partial charge < -0.3 is 42.1 Å². The van der Waals surface area contributed by atoms with E-state index in [1.54, 1.807) is 0 Å². The third kappa shape index (κ3) is 6.54. The van der Waals surface area contributed by atoms with Crippen molar-refractivity contribution in [1.82, 2.24) is 19.1 Å². The van der Waals surface area contributed by atoms with Gasteiger partial charge in [-0.2, -0.15) is 0 Å². The van der Waals surface area contributed by atoms with Gasteiger partial charge in [-0.15, -0.1) is 0 Å². The summed E-state index contributed by atoms with van der Waals surface area (Å²) in [4.78, 5) is 51.7. The van der Waals surface area contributed by atoms with Crippen LogP contribution in [0.5, 0.6) is 0 Å². The summed E-state index contributed by atoms with van der Waals surface area (Å²) in [7, 11) is -5.56. The molecule has 2 aromatic rings. The first-order valence-electron chi connectivity index (χ1n) is 18.5. The Bertz CT molecular complexity index is 1830. The van der Waals surface area contributed by atoms with Crippen LogP contribution in [0.15, 0.2) is 43.7 Å². The molecule has 0 saturated carbocycles. The summed E-state index contributed by atoms with van der Waals surface area (Å²) < 4.78 is 47.5. The molecule has 2 spiro atoms. The van der Waals surface area contributed by atoms with Gasteiger partial charge in [-0.3, -0.25) is 28.7 Å². The number of aromatic amines is 2. The second kappa shape index (κ2) is 14.8. The van der Waals surface area contributed by atoms with Gasteiger partial charge in [-0.1, -0.05) is 55.4 Å². The quantitative estimate of drug-likeness (QED) is 0.294. The van der Waals surface area contributed by atoms with Crippen molar-refractivity contribution >= 4 is 17.1 Å². The summed E-state index contributed by atoms with van der Waals surface area (Å²) in [6.45, 7) is 18.4. The molecule has 296 valence electrons. The highest BCUT2D eigenvalue weighted by Gasteiger charge is 2.68. The van der Waals surface area contributed by atoms with Crippen molar-refractivity contribution in [2.24, 2.45) is 0 Å². The molecule has 5 aliphatic heterocycles. The minimum atomic E-state index is -2.86. The summed E-state index contributed by atoms with van der Waals surface area (Å²) >= 11 is 0. The number of ether oxygens (including phenoxy) is 4. The normalized spacial score (nSPS) is 34.5. The SMILES string of the molecule is CC(C)[Si]1(C(C)C)OCC2OC(n3ccc(=O)[nH]c3=O)[C@]3(CCO3)[C@@H]2O[Si](C(C)C)(C(C)C)O1.O=c1ccn([C@@H]2O[C@H](CO)[C@@H](O)[C@@]23CCO3)c(=O)[nH]1. The van der Waals surface area contributed by atoms with E-state index >= 15 is 0 Å². The Morgan fingerprint density at radius 2 is 1.25 bits per heavy atom. The van der Waals surface area contributed by atoms with E-state index in [1.165, 1.54) is 33.7 Å². The molecule has 5 saturated heterocycles. The summed E-state index contributed by atoms with van der Waals surface area (Å²) in [6.07, 6.45) is -0.304. The number of hydrogen-bond donors (Lipinski definition) is 4. The third-order valence-corrected chi connectivity index (χ3v) is 21.8. The molecule has 19 heteroatoms. The van der Waals surface area contributed by atoms with E-state index in [0.717, 1.165) is 0 Å². The second-order valence-electron chi connectivity index (χ2n) is 15.8. The molecule has 5 aliphatic rings.